The average molecular weight is 332 g/mol. The van der Waals surface area contributed by atoms with Gasteiger partial charge in [-0.25, -0.2) is 0 Å². The number of unbranched alkanes of at least 4 members (excludes halogenated alkanes) is 1. The van der Waals surface area contributed by atoms with E-state index in [4.69, 9.17) is 5.73 Å². The average Bonchev–Trinajstić information content (AvgIpc) is 2.97. The van der Waals surface area contributed by atoms with Gasteiger partial charge in [0, 0.05) is 17.9 Å². The molecule has 3 nitrogen and oxygen atoms in total. The van der Waals surface area contributed by atoms with Gasteiger partial charge in [-0.15, -0.1) is 0 Å². The summed E-state index contributed by atoms with van der Waals surface area (Å²) in [4.78, 5) is 11.7. The predicted octanol–water partition coefficient (Wildman–Crippen LogP) is 5.03. The summed E-state index contributed by atoms with van der Waals surface area (Å²) in [6, 6.07) is 20.7. The molecule has 3 heteroatoms. The van der Waals surface area contributed by atoms with Crippen LogP contribution in [0.2, 0.25) is 0 Å². The van der Waals surface area contributed by atoms with Crippen molar-refractivity contribution in [3.05, 3.63) is 71.9 Å². The lowest BCUT2D eigenvalue weighted by Crippen LogP contribution is -2.12. The molecule has 1 aromatic heterocycles. The summed E-state index contributed by atoms with van der Waals surface area (Å²) in [5, 5.41) is 0. The molecule has 1 heterocycles. The Bertz CT molecular complexity index is 861. The largest absolute Gasteiger partial charge is 0.366 e. The van der Waals surface area contributed by atoms with E-state index >= 15 is 0 Å². The summed E-state index contributed by atoms with van der Waals surface area (Å²) in [5.74, 6) is -0.366. The van der Waals surface area contributed by atoms with Crippen molar-refractivity contribution in [3.8, 4) is 22.4 Å². The van der Waals surface area contributed by atoms with Gasteiger partial charge in [-0.3, -0.25) is 4.79 Å². The molecule has 0 spiro atoms. The Morgan fingerprint density at radius 1 is 0.960 bits per heavy atom. The van der Waals surface area contributed by atoms with E-state index < -0.39 is 0 Å². The van der Waals surface area contributed by atoms with E-state index in [1.165, 1.54) is 11.1 Å². The van der Waals surface area contributed by atoms with Crippen molar-refractivity contribution in [2.24, 2.45) is 5.73 Å². The number of amides is 1. The minimum atomic E-state index is -0.366. The van der Waals surface area contributed by atoms with Gasteiger partial charge in [0.25, 0.3) is 5.91 Å². The quantitative estimate of drug-likeness (QED) is 0.676. The zero-order valence-electron chi connectivity index (χ0n) is 14.8. The van der Waals surface area contributed by atoms with Gasteiger partial charge in [0.15, 0.2) is 0 Å². The highest BCUT2D eigenvalue weighted by Gasteiger charge is 2.16. The Morgan fingerprint density at radius 3 is 2.16 bits per heavy atom. The van der Waals surface area contributed by atoms with Crippen molar-refractivity contribution >= 4 is 5.91 Å². The number of nitrogens with zero attached hydrogens (tertiary/aromatic N) is 1. The predicted molar refractivity (Wildman–Crippen MR) is 103 cm³/mol. The minimum absolute atomic E-state index is 0.366. The number of hydrogen-bond acceptors (Lipinski definition) is 1. The second-order valence-electron chi connectivity index (χ2n) is 6.34. The second-order valence-corrected chi connectivity index (χ2v) is 6.34. The summed E-state index contributed by atoms with van der Waals surface area (Å²) < 4.78 is 2.21. The number of carbonyl (C=O) groups excluding carboxylic acids is 1. The molecule has 3 aromatic rings. The highest BCUT2D eigenvalue weighted by Crippen LogP contribution is 2.29. The monoisotopic (exact) mass is 332 g/mol. The van der Waals surface area contributed by atoms with Gasteiger partial charge in [-0.2, -0.15) is 0 Å². The van der Waals surface area contributed by atoms with Gasteiger partial charge in [0.2, 0.25) is 0 Å². The van der Waals surface area contributed by atoms with Crippen LogP contribution in [0.5, 0.6) is 0 Å². The third-order valence-electron chi connectivity index (χ3n) is 4.66. The zero-order chi connectivity index (χ0) is 17.8. The SMILES string of the molecule is CCCCn1c(-c2ccc(-c3ccccc3)cc2)cc(C(N)=O)c1C. The number of rotatable bonds is 6. The van der Waals surface area contributed by atoms with Gasteiger partial charge < -0.3 is 10.3 Å². The molecule has 1 amide bonds. The molecule has 0 fully saturated rings. The van der Waals surface area contributed by atoms with Gasteiger partial charge in [-0.1, -0.05) is 67.9 Å². The lowest BCUT2D eigenvalue weighted by atomic mass is 10.0. The zero-order valence-corrected chi connectivity index (χ0v) is 14.8. The van der Waals surface area contributed by atoms with E-state index in [9.17, 15) is 4.79 Å². The molecule has 2 aromatic carbocycles. The van der Waals surface area contributed by atoms with Crippen molar-refractivity contribution in [2.45, 2.75) is 33.2 Å². The molecule has 0 atom stereocenters. The highest BCUT2D eigenvalue weighted by molar-refractivity contribution is 5.95. The standard InChI is InChI=1S/C22H24N2O/c1-3-4-14-24-16(2)20(22(23)25)15-21(24)19-12-10-18(11-13-19)17-8-6-5-7-9-17/h5-13,15H,3-4,14H2,1-2H3,(H2,23,25). The van der Waals surface area contributed by atoms with Crippen LogP contribution in [-0.4, -0.2) is 10.5 Å². The number of benzene rings is 2. The number of primary amides is 1. The summed E-state index contributed by atoms with van der Waals surface area (Å²) >= 11 is 0. The topological polar surface area (TPSA) is 48.0 Å². The van der Waals surface area contributed by atoms with Crippen molar-refractivity contribution in [2.75, 3.05) is 0 Å². The van der Waals surface area contributed by atoms with Gasteiger partial charge in [0.05, 0.1) is 5.56 Å². The fourth-order valence-electron chi connectivity index (χ4n) is 3.20. The molecule has 2 N–H and O–H groups in total. The smallest absolute Gasteiger partial charge is 0.250 e. The first kappa shape index (κ1) is 17.0. The van der Waals surface area contributed by atoms with Crippen LogP contribution in [0.25, 0.3) is 22.4 Å². The Balaban J connectivity index is 2.00. The van der Waals surface area contributed by atoms with Crippen LogP contribution < -0.4 is 5.73 Å². The minimum Gasteiger partial charge on any atom is -0.366 e. The van der Waals surface area contributed by atoms with Crippen molar-refractivity contribution < 1.29 is 4.79 Å². The number of aromatic nitrogens is 1. The molecule has 0 aliphatic carbocycles. The normalized spacial score (nSPS) is 10.8. The third kappa shape index (κ3) is 3.50. The molecule has 0 bridgehead atoms. The van der Waals surface area contributed by atoms with E-state index in [-0.39, 0.29) is 5.91 Å². The molecular weight excluding hydrogens is 308 g/mol. The van der Waals surface area contributed by atoms with Crippen molar-refractivity contribution in [3.63, 3.8) is 0 Å². The van der Waals surface area contributed by atoms with Crippen molar-refractivity contribution in [1.29, 1.82) is 0 Å². The van der Waals surface area contributed by atoms with Crippen LogP contribution in [0.4, 0.5) is 0 Å². The maximum absolute atomic E-state index is 11.7. The van der Waals surface area contributed by atoms with E-state index in [0.29, 0.717) is 5.56 Å². The molecule has 3 rings (SSSR count). The van der Waals surface area contributed by atoms with Crippen LogP contribution in [-0.2, 0) is 6.54 Å². The summed E-state index contributed by atoms with van der Waals surface area (Å²) in [6.45, 7) is 5.03. The molecule has 0 aliphatic rings. The molecular formula is C22H24N2O. The van der Waals surface area contributed by atoms with Crippen LogP contribution in [0.3, 0.4) is 0 Å². The fraction of sp³-hybridized carbons (Fsp3) is 0.227. The lowest BCUT2D eigenvalue weighted by molar-refractivity contribution is 0.0999. The van der Waals surface area contributed by atoms with Crippen LogP contribution in [0.1, 0.15) is 35.8 Å². The third-order valence-corrected chi connectivity index (χ3v) is 4.66. The molecule has 0 saturated heterocycles. The maximum Gasteiger partial charge on any atom is 0.250 e. The Labute approximate surface area is 149 Å². The highest BCUT2D eigenvalue weighted by atomic mass is 16.1. The number of carbonyl (C=O) groups is 1. The summed E-state index contributed by atoms with van der Waals surface area (Å²) in [5.41, 5.74) is 11.6. The van der Waals surface area contributed by atoms with E-state index in [0.717, 1.165) is 36.3 Å². The number of nitrogens with two attached hydrogens (primary N) is 1. The van der Waals surface area contributed by atoms with E-state index in [1.807, 2.05) is 31.2 Å². The van der Waals surface area contributed by atoms with Crippen LogP contribution >= 0.6 is 0 Å². The summed E-state index contributed by atoms with van der Waals surface area (Å²) in [7, 11) is 0. The molecule has 0 aliphatic heterocycles. The van der Waals surface area contributed by atoms with Gasteiger partial charge >= 0.3 is 0 Å². The lowest BCUT2D eigenvalue weighted by Gasteiger charge is -2.12. The fourth-order valence-corrected chi connectivity index (χ4v) is 3.20. The van der Waals surface area contributed by atoms with Gasteiger partial charge in [0.1, 0.15) is 0 Å². The van der Waals surface area contributed by atoms with Crippen LogP contribution in [0, 0.1) is 6.92 Å². The van der Waals surface area contributed by atoms with Crippen molar-refractivity contribution in [1.82, 2.24) is 4.57 Å². The maximum atomic E-state index is 11.7. The summed E-state index contributed by atoms with van der Waals surface area (Å²) in [6.07, 6.45) is 2.18. The Hall–Kier alpha value is -2.81. The first-order chi connectivity index (χ1) is 12.1. The van der Waals surface area contributed by atoms with Crippen LogP contribution in [0.15, 0.2) is 60.7 Å². The number of hydrogen-bond donors (Lipinski definition) is 1. The first-order valence-corrected chi connectivity index (χ1v) is 8.77. The van der Waals surface area contributed by atoms with Gasteiger partial charge in [-0.05, 0) is 36.1 Å². The first-order valence-electron chi connectivity index (χ1n) is 8.77. The molecule has 0 radical (unpaired) electrons. The molecule has 0 unspecified atom stereocenters. The molecule has 0 saturated carbocycles. The molecule has 128 valence electrons. The van der Waals surface area contributed by atoms with E-state index in [2.05, 4.69) is 47.9 Å². The van der Waals surface area contributed by atoms with E-state index in [1.54, 1.807) is 0 Å². The second kappa shape index (κ2) is 7.39. The Morgan fingerprint density at radius 2 is 1.56 bits per heavy atom. The molecule has 25 heavy (non-hydrogen) atoms. The Kier molecular flexibility index (Phi) is 5.03.